The first-order chi connectivity index (χ1) is 9.50. The van der Waals surface area contributed by atoms with Gasteiger partial charge in [-0.15, -0.1) is 0 Å². The van der Waals surface area contributed by atoms with Gasteiger partial charge in [0.1, 0.15) is 5.82 Å². The number of carbonyl (C=O) groups excluding carboxylic acids is 1. The summed E-state index contributed by atoms with van der Waals surface area (Å²) in [6.45, 7) is 0.182. The second-order valence-electron chi connectivity index (χ2n) is 5.55. The quantitative estimate of drug-likeness (QED) is 0.587. The van der Waals surface area contributed by atoms with Crippen LogP contribution in [0.4, 0.5) is 10.1 Å². The number of nitrogens with one attached hydrogen (secondary N) is 1. The Kier molecular flexibility index (Phi) is 4.60. The molecule has 1 fully saturated rings. The number of rotatable bonds is 3. The monoisotopic (exact) mass is 280 g/mol. The number of benzene rings is 1. The summed E-state index contributed by atoms with van der Waals surface area (Å²) in [5.74, 6) is -0.947. The number of hydrogen-bond acceptors (Lipinski definition) is 3. The van der Waals surface area contributed by atoms with Gasteiger partial charge in [-0.1, -0.05) is 25.7 Å². The van der Waals surface area contributed by atoms with E-state index in [1.165, 1.54) is 12.1 Å². The van der Waals surface area contributed by atoms with Gasteiger partial charge in [0.05, 0.1) is 11.2 Å². The van der Waals surface area contributed by atoms with E-state index in [0.29, 0.717) is 12.8 Å². The van der Waals surface area contributed by atoms with Crippen LogP contribution in [0.2, 0.25) is 0 Å². The number of halogens is 1. The van der Waals surface area contributed by atoms with Crippen LogP contribution in [0.3, 0.4) is 0 Å². The summed E-state index contributed by atoms with van der Waals surface area (Å²) in [7, 11) is 0. The normalized spacial score (nSPS) is 18.3. The number of nitrogen functional groups attached to an aromatic ring is 1. The molecule has 1 aromatic carbocycles. The molecule has 4 nitrogen and oxygen atoms in total. The first-order valence-corrected chi connectivity index (χ1v) is 7.06. The molecule has 1 amide bonds. The van der Waals surface area contributed by atoms with Crippen molar-refractivity contribution in [1.82, 2.24) is 5.32 Å². The smallest absolute Gasteiger partial charge is 0.253 e. The van der Waals surface area contributed by atoms with Crippen LogP contribution < -0.4 is 11.1 Å². The highest BCUT2D eigenvalue weighted by Crippen LogP contribution is 2.26. The topological polar surface area (TPSA) is 75.4 Å². The summed E-state index contributed by atoms with van der Waals surface area (Å²) >= 11 is 0. The zero-order valence-corrected chi connectivity index (χ0v) is 11.5. The van der Waals surface area contributed by atoms with E-state index in [9.17, 15) is 14.3 Å². The van der Waals surface area contributed by atoms with E-state index in [1.807, 2.05) is 0 Å². The molecule has 0 unspecified atom stereocenters. The Morgan fingerprint density at radius 2 is 1.95 bits per heavy atom. The van der Waals surface area contributed by atoms with Crippen molar-refractivity contribution in [1.29, 1.82) is 0 Å². The summed E-state index contributed by atoms with van der Waals surface area (Å²) in [4.78, 5) is 12.0. The van der Waals surface area contributed by atoms with Gasteiger partial charge < -0.3 is 16.2 Å². The molecule has 0 saturated heterocycles. The molecule has 4 N–H and O–H groups in total. The van der Waals surface area contributed by atoms with E-state index in [0.717, 1.165) is 31.7 Å². The Morgan fingerprint density at radius 3 is 2.60 bits per heavy atom. The van der Waals surface area contributed by atoms with E-state index < -0.39 is 17.3 Å². The molecule has 2 rings (SSSR count). The maximum absolute atomic E-state index is 13.1. The second kappa shape index (κ2) is 6.22. The van der Waals surface area contributed by atoms with Gasteiger partial charge in [0, 0.05) is 12.2 Å². The number of carbonyl (C=O) groups is 1. The van der Waals surface area contributed by atoms with Gasteiger partial charge in [0.15, 0.2) is 0 Å². The molecule has 0 radical (unpaired) electrons. The molecule has 20 heavy (non-hydrogen) atoms. The minimum absolute atomic E-state index is 0.113. The van der Waals surface area contributed by atoms with E-state index >= 15 is 0 Å². The van der Waals surface area contributed by atoms with E-state index in [2.05, 4.69) is 5.32 Å². The van der Waals surface area contributed by atoms with Gasteiger partial charge in [-0.05, 0) is 31.0 Å². The van der Waals surface area contributed by atoms with Gasteiger partial charge >= 0.3 is 0 Å². The number of nitrogens with two attached hydrogens (primary N) is 1. The molecule has 1 aliphatic carbocycles. The summed E-state index contributed by atoms with van der Waals surface area (Å²) in [6, 6.07) is 3.69. The highest BCUT2D eigenvalue weighted by molar-refractivity contribution is 5.99. The summed E-state index contributed by atoms with van der Waals surface area (Å²) in [5.41, 5.74) is 5.16. The third kappa shape index (κ3) is 3.70. The summed E-state index contributed by atoms with van der Waals surface area (Å²) in [6.07, 6.45) is 5.54. The predicted octanol–water partition coefficient (Wildman–Crippen LogP) is 2.22. The molecular formula is C15H21FN2O2. The van der Waals surface area contributed by atoms with Crippen molar-refractivity contribution in [2.45, 2.75) is 44.1 Å². The standard InChI is InChI=1S/C15H21FN2O2/c16-11-5-6-13(17)12(9-11)14(19)18-10-15(20)7-3-1-2-4-8-15/h5-6,9,20H,1-4,7-8,10,17H2,(H,18,19). The molecular weight excluding hydrogens is 259 g/mol. The maximum atomic E-state index is 13.1. The molecule has 110 valence electrons. The van der Waals surface area contributed by atoms with E-state index in [4.69, 9.17) is 5.73 Å². The molecule has 0 heterocycles. The van der Waals surface area contributed by atoms with Gasteiger partial charge in [0.25, 0.3) is 5.91 Å². The van der Waals surface area contributed by atoms with Crippen molar-refractivity contribution in [2.24, 2.45) is 0 Å². The zero-order chi connectivity index (χ0) is 14.6. The molecule has 0 spiro atoms. The average molecular weight is 280 g/mol. The third-order valence-corrected chi connectivity index (χ3v) is 3.87. The highest BCUT2D eigenvalue weighted by atomic mass is 19.1. The first-order valence-electron chi connectivity index (χ1n) is 7.06. The lowest BCUT2D eigenvalue weighted by Crippen LogP contribution is -2.42. The van der Waals surface area contributed by atoms with Crippen molar-refractivity contribution in [3.8, 4) is 0 Å². The van der Waals surface area contributed by atoms with Gasteiger partial charge in [-0.3, -0.25) is 4.79 Å². The summed E-state index contributed by atoms with van der Waals surface area (Å²) in [5, 5.41) is 13.1. The van der Waals surface area contributed by atoms with Gasteiger partial charge in [0.2, 0.25) is 0 Å². The van der Waals surface area contributed by atoms with Crippen molar-refractivity contribution in [3.05, 3.63) is 29.6 Å². The minimum Gasteiger partial charge on any atom is -0.398 e. The molecule has 1 aliphatic rings. The maximum Gasteiger partial charge on any atom is 0.253 e. The Hall–Kier alpha value is -1.62. The lowest BCUT2D eigenvalue weighted by Gasteiger charge is -2.26. The SMILES string of the molecule is Nc1ccc(F)cc1C(=O)NCC1(O)CCCCCC1. The molecule has 1 saturated carbocycles. The Bertz CT molecular complexity index is 483. The number of amides is 1. The Morgan fingerprint density at radius 1 is 1.30 bits per heavy atom. The van der Waals surface area contributed by atoms with Gasteiger partial charge in [-0.2, -0.15) is 0 Å². The molecule has 0 atom stereocenters. The second-order valence-corrected chi connectivity index (χ2v) is 5.55. The van der Waals surface area contributed by atoms with E-state index in [-0.39, 0.29) is 17.8 Å². The largest absolute Gasteiger partial charge is 0.398 e. The van der Waals surface area contributed by atoms with E-state index in [1.54, 1.807) is 0 Å². The lowest BCUT2D eigenvalue weighted by molar-refractivity contribution is 0.0246. The lowest BCUT2D eigenvalue weighted by atomic mass is 9.94. The minimum atomic E-state index is -0.853. The van der Waals surface area contributed by atoms with Crippen molar-refractivity contribution in [2.75, 3.05) is 12.3 Å². The molecule has 0 aliphatic heterocycles. The van der Waals surface area contributed by atoms with Crippen molar-refractivity contribution < 1.29 is 14.3 Å². The number of hydrogen-bond donors (Lipinski definition) is 3. The average Bonchev–Trinajstić information content (AvgIpc) is 2.64. The molecule has 5 heteroatoms. The Balaban J connectivity index is 1.99. The number of aliphatic hydroxyl groups is 1. The first kappa shape index (κ1) is 14.8. The van der Waals surface area contributed by atoms with Crippen LogP contribution in [0, 0.1) is 5.82 Å². The van der Waals surface area contributed by atoms with Crippen LogP contribution in [0.1, 0.15) is 48.9 Å². The Labute approximate surface area is 118 Å². The summed E-state index contributed by atoms with van der Waals surface area (Å²) < 4.78 is 13.1. The zero-order valence-electron chi connectivity index (χ0n) is 11.5. The van der Waals surface area contributed by atoms with Crippen LogP contribution in [0.5, 0.6) is 0 Å². The van der Waals surface area contributed by atoms with Crippen LogP contribution in [-0.4, -0.2) is 23.2 Å². The van der Waals surface area contributed by atoms with Crippen LogP contribution >= 0.6 is 0 Å². The highest BCUT2D eigenvalue weighted by Gasteiger charge is 2.28. The van der Waals surface area contributed by atoms with Crippen LogP contribution in [0.15, 0.2) is 18.2 Å². The van der Waals surface area contributed by atoms with Crippen LogP contribution in [0.25, 0.3) is 0 Å². The van der Waals surface area contributed by atoms with Crippen molar-refractivity contribution >= 4 is 11.6 Å². The van der Waals surface area contributed by atoms with Crippen LogP contribution in [-0.2, 0) is 0 Å². The van der Waals surface area contributed by atoms with Crippen molar-refractivity contribution in [3.63, 3.8) is 0 Å². The third-order valence-electron chi connectivity index (χ3n) is 3.87. The molecule has 0 bridgehead atoms. The van der Waals surface area contributed by atoms with Gasteiger partial charge in [-0.25, -0.2) is 4.39 Å². The molecule has 0 aromatic heterocycles. The predicted molar refractivity (Wildman–Crippen MR) is 75.8 cm³/mol. The fourth-order valence-electron chi connectivity index (χ4n) is 2.63. The fourth-order valence-corrected chi connectivity index (χ4v) is 2.63. The fraction of sp³-hybridized carbons (Fsp3) is 0.533. The molecule has 1 aromatic rings. The number of anilines is 1.